The summed E-state index contributed by atoms with van der Waals surface area (Å²) in [5.41, 5.74) is 0. The Morgan fingerprint density at radius 1 is 0.542 bits per heavy atom. The third-order valence-corrected chi connectivity index (χ3v) is 12.7. The summed E-state index contributed by atoms with van der Waals surface area (Å²) in [5, 5.41) is -7.04. The largest absolute Gasteiger partial charge is 0.494 e. The molecule has 0 saturated heterocycles. The molecule has 3 aromatic carbocycles. The maximum absolute atomic E-state index is 15.0. The highest BCUT2D eigenvalue weighted by molar-refractivity contribution is 8.33. The summed E-state index contributed by atoms with van der Waals surface area (Å²) in [5.74, 6) is -14.6. The van der Waals surface area contributed by atoms with Crippen LogP contribution in [0, 0.1) is 0 Å². The number of benzene rings is 3. The van der Waals surface area contributed by atoms with Crippen LogP contribution >= 0.6 is 10.3 Å². The van der Waals surface area contributed by atoms with Crippen molar-refractivity contribution in [1.29, 1.82) is 0 Å². The molecular formula is C33H37F9O4S2. The predicted molar refractivity (Wildman–Crippen MR) is 165 cm³/mol. The minimum atomic E-state index is -7.46. The quantitative estimate of drug-likeness (QED) is 0.0910. The smallest absolute Gasteiger partial charge is 0.460 e. The Morgan fingerprint density at radius 2 is 0.958 bits per heavy atom. The normalized spacial score (nSPS) is 13.8. The summed E-state index contributed by atoms with van der Waals surface area (Å²) in [6.45, 7) is 2.48. The van der Waals surface area contributed by atoms with Gasteiger partial charge in [-0.05, 0) is 65.3 Å². The van der Waals surface area contributed by atoms with Gasteiger partial charge in [0.2, 0.25) is 0 Å². The molecule has 3 aromatic rings. The highest BCUT2D eigenvalue weighted by Gasteiger charge is 2.86. The van der Waals surface area contributed by atoms with E-state index in [9.17, 15) is 39.2 Å². The first-order valence-corrected chi connectivity index (χ1v) is 18.2. The molecule has 0 unspecified atom stereocenters. The fourth-order valence-corrected chi connectivity index (χ4v) is 9.99. The molecule has 0 N–H and O–H groups in total. The van der Waals surface area contributed by atoms with Crippen molar-refractivity contribution in [3.8, 4) is 5.75 Å². The number of hydrogen-bond donors (Lipinski definition) is 0. The fraction of sp³-hybridized carbons (Fsp3) is 0.455. The third-order valence-electron chi connectivity index (χ3n) is 7.44. The van der Waals surface area contributed by atoms with Crippen molar-refractivity contribution in [2.75, 3.05) is 6.61 Å². The first-order valence-electron chi connectivity index (χ1n) is 15.3. The molecule has 0 aliphatic heterocycles. The Bertz CT molecular complexity index is 1480. The molecule has 4 nitrogen and oxygen atoms in total. The molecule has 0 saturated carbocycles. The predicted octanol–water partition coefficient (Wildman–Crippen LogP) is 11.6. The Balaban J connectivity index is 1.97. The van der Waals surface area contributed by atoms with Crippen LogP contribution in [0.15, 0.2) is 99.6 Å². The van der Waals surface area contributed by atoms with Crippen LogP contribution in [0.4, 0.5) is 39.5 Å². The van der Waals surface area contributed by atoms with Crippen LogP contribution in [0.25, 0.3) is 0 Å². The summed E-state index contributed by atoms with van der Waals surface area (Å²) in [7, 11) is -11.3. The monoisotopic (exact) mass is 732 g/mol. The standard InChI is InChI=1S/C33H37F9O4S2/c1-2-3-4-5-6-7-8-9-16-25-45-26-21-23-29(24-22-26)47(27-17-12-10-13-18-27,28-19-14-11-15-20-28)46-48(43,44)33(41,42)31(36,37)30(34,35)32(38,39)40/h10-15,17-24H,2-9,16,25H2,1H3. The van der Waals surface area contributed by atoms with Gasteiger partial charge in [-0.3, -0.25) is 0 Å². The second-order valence-electron chi connectivity index (χ2n) is 11.0. The van der Waals surface area contributed by atoms with E-state index in [0.29, 0.717) is 6.61 Å². The third kappa shape index (κ3) is 8.44. The molecule has 0 aliphatic carbocycles. The van der Waals surface area contributed by atoms with E-state index in [2.05, 4.69) is 6.92 Å². The van der Waals surface area contributed by atoms with E-state index in [0.717, 1.165) is 32.1 Å². The maximum atomic E-state index is 15.0. The van der Waals surface area contributed by atoms with Crippen molar-refractivity contribution in [3.63, 3.8) is 0 Å². The number of hydrogen-bond acceptors (Lipinski definition) is 4. The zero-order valence-corrected chi connectivity index (χ0v) is 27.6. The van der Waals surface area contributed by atoms with Gasteiger partial charge in [0.1, 0.15) is 5.75 Å². The van der Waals surface area contributed by atoms with Crippen molar-refractivity contribution in [3.05, 3.63) is 84.9 Å². The zero-order valence-electron chi connectivity index (χ0n) is 26.0. The molecule has 0 aromatic heterocycles. The van der Waals surface area contributed by atoms with Crippen molar-refractivity contribution < 1.29 is 56.3 Å². The van der Waals surface area contributed by atoms with Gasteiger partial charge in [0.05, 0.1) is 6.61 Å². The number of rotatable bonds is 19. The van der Waals surface area contributed by atoms with Crippen LogP contribution in [0.3, 0.4) is 0 Å². The lowest BCUT2D eigenvalue weighted by molar-refractivity contribution is -0.382. The van der Waals surface area contributed by atoms with Gasteiger partial charge in [-0.2, -0.15) is 47.9 Å². The van der Waals surface area contributed by atoms with Gasteiger partial charge >= 0.3 is 33.4 Å². The SMILES string of the molecule is CCCCCCCCCCCOc1ccc(S(OS(=O)(=O)C(F)(F)C(F)(F)C(F)(F)C(F)(F)F)(c2ccccc2)c2ccccc2)cc1. The molecule has 0 atom stereocenters. The average Bonchev–Trinajstić information content (AvgIpc) is 3.05. The Kier molecular flexibility index (Phi) is 13.3. The van der Waals surface area contributed by atoms with E-state index in [1.165, 1.54) is 111 Å². The van der Waals surface area contributed by atoms with Crippen molar-refractivity contribution in [2.24, 2.45) is 0 Å². The van der Waals surface area contributed by atoms with E-state index < -0.39 is 43.7 Å². The Labute approximate surface area is 276 Å². The van der Waals surface area contributed by atoms with Crippen molar-refractivity contribution >= 4 is 20.4 Å². The van der Waals surface area contributed by atoms with Crippen LogP contribution in [0.1, 0.15) is 64.7 Å². The fourth-order valence-electron chi connectivity index (χ4n) is 4.78. The molecule has 15 heteroatoms. The van der Waals surface area contributed by atoms with Crippen LogP contribution in [0.5, 0.6) is 5.75 Å². The summed E-state index contributed by atoms with van der Waals surface area (Å²) in [6, 6.07) is 18.4. The van der Waals surface area contributed by atoms with Gasteiger partial charge in [-0.25, -0.2) is 3.63 Å². The van der Waals surface area contributed by atoms with Gasteiger partial charge < -0.3 is 4.74 Å². The Hall–Kier alpha value is -2.91. The first kappa shape index (κ1) is 39.5. The minimum absolute atomic E-state index is 0.162. The highest BCUT2D eigenvalue weighted by atomic mass is 32.3. The topological polar surface area (TPSA) is 52.6 Å². The molecule has 0 bridgehead atoms. The second kappa shape index (κ2) is 16.2. The molecule has 0 fully saturated rings. The molecule has 0 heterocycles. The van der Waals surface area contributed by atoms with Crippen molar-refractivity contribution in [1.82, 2.24) is 0 Å². The van der Waals surface area contributed by atoms with Gasteiger partial charge in [-0.15, -0.1) is 0 Å². The Morgan fingerprint density at radius 3 is 1.40 bits per heavy atom. The number of ether oxygens (including phenoxy) is 1. The number of unbranched alkanes of at least 4 members (excludes halogenated alkanes) is 8. The van der Waals surface area contributed by atoms with E-state index in [4.69, 9.17) is 8.37 Å². The molecule has 48 heavy (non-hydrogen) atoms. The van der Waals surface area contributed by atoms with Crippen LogP contribution in [0.2, 0.25) is 0 Å². The van der Waals surface area contributed by atoms with E-state index >= 15 is 8.78 Å². The summed E-state index contributed by atoms with van der Waals surface area (Å²) >= 11 is 0. The minimum Gasteiger partial charge on any atom is -0.494 e. The maximum Gasteiger partial charge on any atom is 0.460 e. The van der Waals surface area contributed by atoms with Crippen molar-refractivity contribution in [2.45, 2.75) is 103 Å². The molecular weight excluding hydrogens is 695 g/mol. The van der Waals surface area contributed by atoms with Crippen LogP contribution < -0.4 is 4.74 Å². The summed E-state index contributed by atoms with van der Waals surface area (Å²) in [6.07, 6.45) is 2.51. The summed E-state index contributed by atoms with van der Waals surface area (Å²) < 4.78 is 162. The molecule has 0 aliphatic rings. The molecule has 0 amide bonds. The van der Waals surface area contributed by atoms with E-state index in [1.807, 2.05) is 0 Å². The number of halogens is 9. The number of alkyl halides is 9. The molecule has 0 radical (unpaired) electrons. The van der Waals surface area contributed by atoms with Gasteiger partial charge in [-0.1, -0.05) is 94.7 Å². The highest BCUT2D eigenvalue weighted by Crippen LogP contribution is 2.71. The van der Waals surface area contributed by atoms with Gasteiger partial charge in [0.15, 0.2) is 0 Å². The zero-order chi connectivity index (χ0) is 35.7. The first-order chi connectivity index (χ1) is 22.5. The molecule has 0 spiro atoms. The lowest BCUT2D eigenvalue weighted by Crippen LogP contribution is -2.63. The van der Waals surface area contributed by atoms with Crippen LogP contribution in [-0.2, 0) is 13.7 Å². The molecule has 268 valence electrons. The average molecular weight is 733 g/mol. The summed E-state index contributed by atoms with van der Waals surface area (Å²) in [4.78, 5) is -0.504. The van der Waals surface area contributed by atoms with Gasteiger partial charge in [0, 0.05) is 14.7 Å². The lowest BCUT2D eigenvalue weighted by Gasteiger charge is -2.41. The second-order valence-corrected chi connectivity index (χ2v) is 15.5. The molecule has 3 rings (SSSR count). The van der Waals surface area contributed by atoms with E-state index in [-0.39, 0.29) is 20.4 Å². The lowest BCUT2D eigenvalue weighted by atomic mass is 10.1. The van der Waals surface area contributed by atoms with Gasteiger partial charge in [0.25, 0.3) is 0 Å². The van der Waals surface area contributed by atoms with Crippen LogP contribution in [-0.4, -0.2) is 38.3 Å². The van der Waals surface area contributed by atoms with E-state index in [1.54, 1.807) is 0 Å².